The predicted octanol–water partition coefficient (Wildman–Crippen LogP) is 2.91. The maximum atomic E-state index is 12.8. The van der Waals surface area contributed by atoms with Gasteiger partial charge in [0.05, 0.1) is 12.3 Å². The number of carbonyl (C=O) groups is 1. The van der Waals surface area contributed by atoms with E-state index in [0.717, 1.165) is 6.92 Å². The Labute approximate surface area is 166 Å². The first-order valence-corrected chi connectivity index (χ1v) is 9.20. The van der Waals surface area contributed by atoms with Crippen LogP contribution in [0.15, 0.2) is 36.4 Å². The van der Waals surface area contributed by atoms with Crippen LogP contribution in [0.3, 0.4) is 0 Å². The molecule has 1 aliphatic heterocycles. The lowest BCUT2D eigenvalue weighted by Crippen LogP contribution is -2.49. The highest BCUT2D eigenvalue weighted by molar-refractivity contribution is 5.79. The van der Waals surface area contributed by atoms with Gasteiger partial charge in [-0.25, -0.2) is 0 Å². The van der Waals surface area contributed by atoms with E-state index in [9.17, 15) is 18.0 Å². The SMILES string of the molecule is CC(c1ccc(CC(=O)N2CCN(c3ccc(C#N)nn3)CC2)cc1)C(F)(F)F. The minimum Gasteiger partial charge on any atom is -0.352 e. The second kappa shape index (κ2) is 8.47. The normalized spacial score (nSPS) is 15.7. The molecule has 1 saturated heterocycles. The number of benzene rings is 1. The Bertz CT molecular complexity index is 882. The number of piperazine rings is 1. The van der Waals surface area contributed by atoms with Crippen LogP contribution in [0.2, 0.25) is 0 Å². The van der Waals surface area contributed by atoms with Gasteiger partial charge >= 0.3 is 6.18 Å². The second-order valence-electron chi connectivity index (χ2n) is 6.94. The highest BCUT2D eigenvalue weighted by atomic mass is 19.4. The van der Waals surface area contributed by atoms with Gasteiger partial charge in [0.25, 0.3) is 0 Å². The molecule has 0 aliphatic carbocycles. The van der Waals surface area contributed by atoms with Gasteiger partial charge in [-0.15, -0.1) is 10.2 Å². The molecule has 0 saturated carbocycles. The van der Waals surface area contributed by atoms with E-state index in [1.54, 1.807) is 29.2 Å². The van der Waals surface area contributed by atoms with Gasteiger partial charge in [0.1, 0.15) is 6.07 Å². The minimum atomic E-state index is -4.28. The van der Waals surface area contributed by atoms with Crippen LogP contribution in [0.5, 0.6) is 0 Å². The summed E-state index contributed by atoms with van der Waals surface area (Å²) in [6, 6.07) is 11.3. The zero-order chi connectivity index (χ0) is 21.0. The van der Waals surface area contributed by atoms with Gasteiger partial charge in [-0.05, 0) is 30.2 Å². The number of alkyl halides is 3. The number of hydrogen-bond acceptors (Lipinski definition) is 5. The largest absolute Gasteiger partial charge is 0.395 e. The van der Waals surface area contributed by atoms with Gasteiger partial charge in [-0.1, -0.05) is 24.3 Å². The second-order valence-corrected chi connectivity index (χ2v) is 6.94. The summed E-state index contributed by atoms with van der Waals surface area (Å²) in [6.07, 6.45) is -4.13. The lowest BCUT2D eigenvalue weighted by molar-refractivity contribution is -0.146. The zero-order valence-corrected chi connectivity index (χ0v) is 15.9. The van der Waals surface area contributed by atoms with Crippen LogP contribution < -0.4 is 4.90 Å². The third-order valence-electron chi connectivity index (χ3n) is 5.05. The van der Waals surface area contributed by atoms with Crippen LogP contribution in [0.1, 0.15) is 29.7 Å². The molecule has 0 radical (unpaired) electrons. The quantitative estimate of drug-likeness (QED) is 0.785. The molecule has 1 aromatic heterocycles. The van der Waals surface area contributed by atoms with Gasteiger partial charge in [0, 0.05) is 26.2 Å². The summed E-state index contributed by atoms with van der Waals surface area (Å²) in [5, 5.41) is 16.6. The van der Waals surface area contributed by atoms with Crippen molar-refractivity contribution in [2.75, 3.05) is 31.1 Å². The maximum absolute atomic E-state index is 12.8. The molecule has 1 unspecified atom stereocenters. The third kappa shape index (κ3) is 5.02. The number of rotatable bonds is 4. The van der Waals surface area contributed by atoms with Crippen LogP contribution >= 0.6 is 0 Å². The van der Waals surface area contributed by atoms with Crippen molar-refractivity contribution in [3.63, 3.8) is 0 Å². The Morgan fingerprint density at radius 3 is 2.28 bits per heavy atom. The van der Waals surface area contributed by atoms with Crippen molar-refractivity contribution in [2.24, 2.45) is 0 Å². The molecule has 1 aromatic carbocycles. The fraction of sp³-hybridized carbons (Fsp3) is 0.400. The number of halogens is 3. The fourth-order valence-electron chi connectivity index (χ4n) is 3.14. The minimum absolute atomic E-state index is 0.0628. The number of hydrogen-bond donors (Lipinski definition) is 0. The Morgan fingerprint density at radius 2 is 1.76 bits per heavy atom. The zero-order valence-electron chi connectivity index (χ0n) is 15.9. The van der Waals surface area contributed by atoms with Gasteiger partial charge in [0.2, 0.25) is 5.91 Å². The lowest BCUT2D eigenvalue weighted by atomic mass is 9.98. The molecule has 3 rings (SSSR count). The Morgan fingerprint density at radius 1 is 1.10 bits per heavy atom. The molecular weight excluding hydrogens is 383 g/mol. The molecule has 152 valence electrons. The van der Waals surface area contributed by atoms with E-state index in [1.165, 1.54) is 12.1 Å². The van der Waals surface area contributed by atoms with Gasteiger partial charge in [-0.3, -0.25) is 4.79 Å². The lowest BCUT2D eigenvalue weighted by Gasteiger charge is -2.35. The van der Waals surface area contributed by atoms with Crippen LogP contribution in [0, 0.1) is 11.3 Å². The molecule has 0 N–H and O–H groups in total. The van der Waals surface area contributed by atoms with Gasteiger partial charge < -0.3 is 9.80 Å². The summed E-state index contributed by atoms with van der Waals surface area (Å²) >= 11 is 0. The molecule has 2 heterocycles. The molecule has 1 fully saturated rings. The Hall–Kier alpha value is -3.15. The average Bonchev–Trinajstić information content (AvgIpc) is 2.73. The number of anilines is 1. The van der Waals surface area contributed by atoms with Crippen LogP contribution in [0.25, 0.3) is 0 Å². The molecule has 1 atom stereocenters. The van der Waals surface area contributed by atoms with E-state index < -0.39 is 12.1 Å². The Kier molecular flexibility index (Phi) is 6.01. The summed E-state index contributed by atoms with van der Waals surface area (Å²) in [7, 11) is 0. The van der Waals surface area contributed by atoms with Crippen molar-refractivity contribution in [1.29, 1.82) is 5.26 Å². The number of carbonyl (C=O) groups excluding carboxylic acids is 1. The van der Waals surface area contributed by atoms with E-state index in [-0.39, 0.29) is 23.6 Å². The van der Waals surface area contributed by atoms with E-state index in [0.29, 0.717) is 37.6 Å². The fourth-order valence-corrected chi connectivity index (χ4v) is 3.14. The van der Waals surface area contributed by atoms with Crippen molar-refractivity contribution in [1.82, 2.24) is 15.1 Å². The predicted molar refractivity (Wildman–Crippen MR) is 100 cm³/mol. The van der Waals surface area contributed by atoms with E-state index >= 15 is 0 Å². The molecule has 1 aliphatic rings. The Balaban J connectivity index is 1.53. The standard InChI is InChI=1S/C20H20F3N5O/c1-14(20(21,22)23)16-4-2-15(3-5-16)12-19(29)28-10-8-27(9-11-28)18-7-6-17(13-24)25-26-18/h2-7,14H,8-12H2,1H3. The van der Waals surface area contributed by atoms with Crippen LogP contribution in [-0.4, -0.2) is 53.4 Å². The highest BCUT2D eigenvalue weighted by Gasteiger charge is 2.36. The van der Waals surface area contributed by atoms with Crippen molar-refractivity contribution in [3.8, 4) is 6.07 Å². The number of nitriles is 1. The molecular formula is C20H20F3N5O. The third-order valence-corrected chi connectivity index (χ3v) is 5.05. The first kappa shape index (κ1) is 20.6. The van der Waals surface area contributed by atoms with Gasteiger partial charge in [0.15, 0.2) is 11.5 Å². The summed E-state index contributed by atoms with van der Waals surface area (Å²) in [5.74, 6) is -0.941. The molecule has 9 heteroatoms. The van der Waals surface area contributed by atoms with E-state index in [1.807, 2.05) is 11.0 Å². The average molecular weight is 403 g/mol. The van der Waals surface area contributed by atoms with Crippen molar-refractivity contribution in [3.05, 3.63) is 53.2 Å². The summed E-state index contributed by atoms with van der Waals surface area (Å²) in [6.45, 7) is 3.34. The van der Waals surface area contributed by atoms with Crippen LogP contribution in [-0.2, 0) is 11.2 Å². The van der Waals surface area contributed by atoms with E-state index in [4.69, 9.17) is 5.26 Å². The molecule has 1 amide bonds. The van der Waals surface area contributed by atoms with Crippen molar-refractivity contribution in [2.45, 2.75) is 25.4 Å². The molecule has 29 heavy (non-hydrogen) atoms. The number of amides is 1. The molecule has 0 bridgehead atoms. The summed E-state index contributed by atoms with van der Waals surface area (Å²) in [4.78, 5) is 16.3. The van der Waals surface area contributed by atoms with Crippen molar-refractivity contribution >= 4 is 11.7 Å². The topological polar surface area (TPSA) is 73.1 Å². The van der Waals surface area contributed by atoms with E-state index in [2.05, 4.69) is 10.2 Å². The summed E-state index contributed by atoms with van der Waals surface area (Å²) < 4.78 is 38.4. The van der Waals surface area contributed by atoms with Crippen LogP contribution in [0.4, 0.5) is 19.0 Å². The maximum Gasteiger partial charge on any atom is 0.395 e. The number of nitrogens with zero attached hydrogens (tertiary/aromatic N) is 5. The molecule has 0 spiro atoms. The first-order chi connectivity index (χ1) is 13.8. The smallest absolute Gasteiger partial charge is 0.352 e. The van der Waals surface area contributed by atoms with Gasteiger partial charge in [-0.2, -0.15) is 18.4 Å². The molecule has 6 nitrogen and oxygen atoms in total. The first-order valence-electron chi connectivity index (χ1n) is 9.20. The summed E-state index contributed by atoms with van der Waals surface area (Å²) in [5.41, 5.74) is 1.12. The highest BCUT2D eigenvalue weighted by Crippen LogP contribution is 2.34. The molecule has 2 aromatic rings. The van der Waals surface area contributed by atoms with Crippen molar-refractivity contribution < 1.29 is 18.0 Å². The number of aromatic nitrogens is 2. The monoisotopic (exact) mass is 403 g/mol.